The molecule has 0 radical (unpaired) electrons. The molecular formula is C17H25ClN4O. The summed E-state index contributed by atoms with van der Waals surface area (Å²) in [6.45, 7) is 4.76. The highest BCUT2D eigenvalue weighted by Gasteiger charge is 2.28. The van der Waals surface area contributed by atoms with E-state index in [0.717, 1.165) is 42.4 Å². The van der Waals surface area contributed by atoms with Crippen molar-refractivity contribution in [2.24, 2.45) is 10.9 Å². The van der Waals surface area contributed by atoms with Gasteiger partial charge in [0.15, 0.2) is 5.96 Å². The number of guanidine groups is 1. The number of carbonyl (C=O) groups excluding carboxylic acids is 1. The zero-order chi connectivity index (χ0) is 16.5. The predicted molar refractivity (Wildman–Crippen MR) is 94.9 cm³/mol. The van der Waals surface area contributed by atoms with Gasteiger partial charge < -0.3 is 16.0 Å². The molecule has 2 rings (SSSR count). The molecule has 0 spiro atoms. The number of rotatable bonds is 8. The number of benzene rings is 1. The van der Waals surface area contributed by atoms with Crippen LogP contribution >= 0.6 is 11.6 Å². The molecule has 23 heavy (non-hydrogen) atoms. The molecule has 0 saturated heterocycles. The van der Waals surface area contributed by atoms with Crippen LogP contribution in [-0.2, 0) is 11.2 Å². The summed E-state index contributed by atoms with van der Waals surface area (Å²) in [6.07, 6.45) is 2.87. The molecule has 0 aliphatic heterocycles. The topological polar surface area (TPSA) is 65.5 Å². The minimum absolute atomic E-state index is 0.174. The zero-order valence-corrected chi connectivity index (χ0v) is 14.3. The Hall–Kier alpha value is -1.75. The SMILES string of the molecule is CCNC(=NCCc1ccccc1Cl)NCCNC(=O)C1CC1. The fourth-order valence-electron chi connectivity index (χ4n) is 2.19. The van der Waals surface area contributed by atoms with Gasteiger partial charge in [0.25, 0.3) is 0 Å². The van der Waals surface area contributed by atoms with Crippen LogP contribution in [0, 0.1) is 5.92 Å². The van der Waals surface area contributed by atoms with E-state index in [0.29, 0.717) is 19.6 Å². The lowest BCUT2D eigenvalue weighted by Crippen LogP contribution is -2.41. The fourth-order valence-corrected chi connectivity index (χ4v) is 2.42. The summed E-state index contributed by atoms with van der Waals surface area (Å²) in [6, 6.07) is 7.83. The Kier molecular flexibility index (Phi) is 7.20. The van der Waals surface area contributed by atoms with Gasteiger partial charge in [-0.3, -0.25) is 9.79 Å². The summed E-state index contributed by atoms with van der Waals surface area (Å²) in [7, 11) is 0. The number of amides is 1. The Balaban J connectivity index is 1.71. The van der Waals surface area contributed by atoms with Crippen molar-refractivity contribution in [1.82, 2.24) is 16.0 Å². The highest BCUT2D eigenvalue weighted by Crippen LogP contribution is 2.28. The molecule has 3 N–H and O–H groups in total. The molecule has 6 heteroatoms. The first-order chi connectivity index (χ1) is 11.2. The van der Waals surface area contributed by atoms with E-state index in [9.17, 15) is 4.79 Å². The number of nitrogens with one attached hydrogen (secondary N) is 3. The maximum atomic E-state index is 11.5. The monoisotopic (exact) mass is 336 g/mol. The first-order valence-electron chi connectivity index (χ1n) is 8.24. The van der Waals surface area contributed by atoms with Crippen LogP contribution in [0.2, 0.25) is 5.02 Å². The van der Waals surface area contributed by atoms with Crippen LogP contribution in [0.4, 0.5) is 0 Å². The van der Waals surface area contributed by atoms with Gasteiger partial charge in [-0.25, -0.2) is 0 Å². The molecule has 0 heterocycles. The van der Waals surface area contributed by atoms with Crippen molar-refractivity contribution >= 4 is 23.5 Å². The van der Waals surface area contributed by atoms with Gasteiger partial charge in [0, 0.05) is 37.1 Å². The first kappa shape index (κ1) is 17.6. The first-order valence-corrected chi connectivity index (χ1v) is 8.61. The summed E-state index contributed by atoms with van der Waals surface area (Å²) in [5.74, 6) is 1.19. The summed E-state index contributed by atoms with van der Waals surface area (Å²) in [4.78, 5) is 16.1. The highest BCUT2D eigenvalue weighted by molar-refractivity contribution is 6.31. The minimum Gasteiger partial charge on any atom is -0.357 e. The van der Waals surface area contributed by atoms with Gasteiger partial charge >= 0.3 is 0 Å². The summed E-state index contributed by atoms with van der Waals surface area (Å²) < 4.78 is 0. The number of hydrogen-bond acceptors (Lipinski definition) is 2. The Bertz CT molecular complexity index is 543. The van der Waals surface area contributed by atoms with Gasteiger partial charge in [0.1, 0.15) is 0 Å². The molecule has 5 nitrogen and oxygen atoms in total. The van der Waals surface area contributed by atoms with E-state index in [1.165, 1.54) is 0 Å². The molecule has 1 aromatic rings. The third-order valence-corrected chi connectivity index (χ3v) is 3.99. The normalized spacial score (nSPS) is 14.4. The number of aliphatic imine (C=N–C) groups is 1. The molecule has 1 amide bonds. The van der Waals surface area contributed by atoms with Crippen molar-refractivity contribution in [1.29, 1.82) is 0 Å². The van der Waals surface area contributed by atoms with Crippen molar-refractivity contribution in [3.63, 3.8) is 0 Å². The number of carbonyl (C=O) groups is 1. The predicted octanol–water partition coefficient (Wildman–Crippen LogP) is 1.96. The van der Waals surface area contributed by atoms with Crippen molar-refractivity contribution < 1.29 is 4.79 Å². The number of hydrogen-bond donors (Lipinski definition) is 3. The van der Waals surface area contributed by atoms with Gasteiger partial charge in [-0.15, -0.1) is 0 Å². The van der Waals surface area contributed by atoms with Crippen molar-refractivity contribution in [2.45, 2.75) is 26.2 Å². The summed E-state index contributed by atoms with van der Waals surface area (Å²) in [5.41, 5.74) is 1.10. The van der Waals surface area contributed by atoms with Crippen LogP contribution in [0.1, 0.15) is 25.3 Å². The second-order valence-electron chi connectivity index (χ2n) is 5.59. The maximum Gasteiger partial charge on any atom is 0.223 e. The lowest BCUT2D eigenvalue weighted by molar-refractivity contribution is -0.122. The third kappa shape index (κ3) is 6.48. The number of halogens is 1. The van der Waals surface area contributed by atoms with Crippen molar-refractivity contribution in [3.8, 4) is 0 Å². The smallest absolute Gasteiger partial charge is 0.223 e. The second-order valence-corrected chi connectivity index (χ2v) is 6.00. The molecule has 1 saturated carbocycles. The average Bonchev–Trinajstić information content (AvgIpc) is 3.38. The Morgan fingerprint density at radius 3 is 2.65 bits per heavy atom. The molecule has 1 aliphatic rings. The quantitative estimate of drug-likeness (QED) is 0.386. The summed E-state index contributed by atoms with van der Waals surface area (Å²) >= 11 is 6.14. The molecule has 1 fully saturated rings. The Labute approximate surface area is 142 Å². The van der Waals surface area contributed by atoms with Gasteiger partial charge in [-0.05, 0) is 37.8 Å². The van der Waals surface area contributed by atoms with E-state index in [-0.39, 0.29) is 11.8 Å². The molecule has 0 unspecified atom stereocenters. The molecule has 0 atom stereocenters. The van der Waals surface area contributed by atoms with E-state index < -0.39 is 0 Å². The highest BCUT2D eigenvalue weighted by atomic mass is 35.5. The lowest BCUT2D eigenvalue weighted by atomic mass is 10.1. The Morgan fingerprint density at radius 2 is 1.96 bits per heavy atom. The molecule has 0 bridgehead atoms. The molecular weight excluding hydrogens is 312 g/mol. The van der Waals surface area contributed by atoms with Crippen LogP contribution < -0.4 is 16.0 Å². The van der Waals surface area contributed by atoms with E-state index in [1.54, 1.807) is 0 Å². The standard InChI is InChI=1S/C17H25ClN4O/c1-2-19-17(22-12-11-20-16(23)14-7-8-14)21-10-9-13-5-3-4-6-15(13)18/h3-6,14H,2,7-12H2,1H3,(H,20,23)(H2,19,21,22). The minimum atomic E-state index is 0.174. The van der Waals surface area contributed by atoms with Crippen LogP contribution in [-0.4, -0.2) is 38.0 Å². The Morgan fingerprint density at radius 1 is 1.22 bits per heavy atom. The van der Waals surface area contributed by atoms with Crippen LogP contribution in [0.3, 0.4) is 0 Å². The van der Waals surface area contributed by atoms with E-state index >= 15 is 0 Å². The molecule has 0 aromatic heterocycles. The molecule has 1 aromatic carbocycles. The van der Waals surface area contributed by atoms with Gasteiger partial charge in [-0.2, -0.15) is 0 Å². The van der Waals surface area contributed by atoms with Crippen LogP contribution in [0.25, 0.3) is 0 Å². The largest absolute Gasteiger partial charge is 0.357 e. The third-order valence-electron chi connectivity index (χ3n) is 3.62. The summed E-state index contributed by atoms with van der Waals surface area (Å²) in [5, 5.41) is 10.1. The van der Waals surface area contributed by atoms with Crippen LogP contribution in [0.5, 0.6) is 0 Å². The van der Waals surface area contributed by atoms with E-state index in [1.807, 2.05) is 31.2 Å². The van der Waals surface area contributed by atoms with Gasteiger partial charge in [0.2, 0.25) is 5.91 Å². The average molecular weight is 337 g/mol. The van der Waals surface area contributed by atoms with Crippen molar-refractivity contribution in [3.05, 3.63) is 34.9 Å². The van der Waals surface area contributed by atoms with Gasteiger partial charge in [-0.1, -0.05) is 29.8 Å². The molecule has 1 aliphatic carbocycles. The van der Waals surface area contributed by atoms with E-state index in [2.05, 4.69) is 20.9 Å². The fraction of sp³-hybridized carbons (Fsp3) is 0.529. The van der Waals surface area contributed by atoms with E-state index in [4.69, 9.17) is 11.6 Å². The maximum absolute atomic E-state index is 11.5. The second kappa shape index (κ2) is 9.40. The van der Waals surface area contributed by atoms with Crippen molar-refractivity contribution in [2.75, 3.05) is 26.2 Å². The zero-order valence-electron chi connectivity index (χ0n) is 13.6. The lowest BCUT2D eigenvalue weighted by Gasteiger charge is -2.12. The molecule has 126 valence electrons. The van der Waals surface area contributed by atoms with Crippen LogP contribution in [0.15, 0.2) is 29.3 Å². The number of nitrogens with zero attached hydrogens (tertiary/aromatic N) is 1. The van der Waals surface area contributed by atoms with Gasteiger partial charge in [0.05, 0.1) is 0 Å².